The van der Waals surface area contributed by atoms with Crippen LogP contribution in [0.5, 0.6) is 11.5 Å². The highest BCUT2D eigenvalue weighted by molar-refractivity contribution is 6.46. The van der Waals surface area contributed by atoms with Gasteiger partial charge in [-0.1, -0.05) is 12.1 Å². The number of fused-ring (bicyclic) bond motifs is 1. The lowest BCUT2D eigenvalue weighted by Crippen LogP contribution is -2.32. The summed E-state index contributed by atoms with van der Waals surface area (Å²) >= 11 is 0. The van der Waals surface area contributed by atoms with E-state index >= 15 is 0 Å². The molecule has 8 heteroatoms. The van der Waals surface area contributed by atoms with Crippen LogP contribution in [0.2, 0.25) is 0 Å². The van der Waals surface area contributed by atoms with Crippen LogP contribution in [0.3, 0.4) is 0 Å². The Hall–Kier alpha value is -3.39. The number of likely N-dealkylation sites (tertiary alicyclic amines) is 1. The molecule has 0 radical (unpaired) electrons. The van der Waals surface area contributed by atoms with Gasteiger partial charge in [0.25, 0.3) is 11.7 Å². The topological polar surface area (TPSA) is 79.3 Å². The molecule has 0 aromatic heterocycles. The summed E-state index contributed by atoms with van der Waals surface area (Å²) in [4.78, 5) is 29.3. The Morgan fingerprint density at radius 1 is 1.12 bits per heavy atom. The fourth-order valence-electron chi connectivity index (χ4n) is 4.04. The highest BCUT2D eigenvalue weighted by Gasteiger charge is 2.46. The molecule has 1 saturated heterocycles. The summed E-state index contributed by atoms with van der Waals surface area (Å²) in [6.07, 6.45) is 0.621. The van der Waals surface area contributed by atoms with E-state index in [4.69, 9.17) is 9.47 Å². The first-order valence-electron chi connectivity index (χ1n) is 10.5. The van der Waals surface area contributed by atoms with E-state index < -0.39 is 23.5 Å². The molecule has 1 N–H and O–H groups in total. The summed E-state index contributed by atoms with van der Waals surface area (Å²) in [5.74, 6) is -1.33. The summed E-state index contributed by atoms with van der Waals surface area (Å²) in [7, 11) is 3.83. The van der Waals surface area contributed by atoms with Gasteiger partial charge in [-0.3, -0.25) is 9.59 Å². The second kappa shape index (κ2) is 9.00. The van der Waals surface area contributed by atoms with Gasteiger partial charge in [-0.15, -0.1) is 0 Å². The third-order valence-corrected chi connectivity index (χ3v) is 5.52. The first kappa shape index (κ1) is 21.8. The normalized spacial score (nSPS) is 19.6. The van der Waals surface area contributed by atoms with Gasteiger partial charge in [-0.2, -0.15) is 0 Å². The maximum atomic E-state index is 14.0. The van der Waals surface area contributed by atoms with Crippen LogP contribution < -0.4 is 9.47 Å². The quantitative estimate of drug-likeness (QED) is 0.423. The third kappa shape index (κ3) is 4.18. The Morgan fingerprint density at radius 2 is 1.88 bits per heavy atom. The number of rotatable bonds is 6. The van der Waals surface area contributed by atoms with Crippen LogP contribution in [-0.2, 0) is 9.59 Å². The molecule has 2 aliphatic rings. The Bertz CT molecular complexity index is 1080. The van der Waals surface area contributed by atoms with Crippen LogP contribution in [0.1, 0.15) is 23.6 Å². The van der Waals surface area contributed by atoms with Crippen molar-refractivity contribution < 1.29 is 28.6 Å². The molecule has 4 rings (SSSR count). The number of nitrogens with zero attached hydrogens (tertiary/aromatic N) is 2. The average Bonchev–Trinajstić information content (AvgIpc) is 3.03. The molecule has 168 valence electrons. The number of Topliss-reactive ketones (excluding diaryl/α,β-unsaturated/α-hetero) is 1. The number of carbonyl (C=O) groups is 2. The average molecular weight is 440 g/mol. The van der Waals surface area contributed by atoms with Gasteiger partial charge in [-0.05, 0) is 63.0 Å². The summed E-state index contributed by atoms with van der Waals surface area (Å²) in [6.45, 7) is 1.80. The van der Waals surface area contributed by atoms with Crippen LogP contribution >= 0.6 is 0 Å². The van der Waals surface area contributed by atoms with Gasteiger partial charge < -0.3 is 24.4 Å². The van der Waals surface area contributed by atoms with Crippen molar-refractivity contribution in [3.8, 4) is 11.5 Å². The highest BCUT2D eigenvalue weighted by Crippen LogP contribution is 2.41. The maximum absolute atomic E-state index is 14.0. The van der Waals surface area contributed by atoms with Crippen LogP contribution in [0.4, 0.5) is 4.39 Å². The van der Waals surface area contributed by atoms with Gasteiger partial charge in [0.05, 0.1) is 11.6 Å². The van der Waals surface area contributed by atoms with Crippen LogP contribution in [0, 0.1) is 5.82 Å². The molecule has 2 aliphatic heterocycles. The second-order valence-electron chi connectivity index (χ2n) is 8.06. The fraction of sp³-hybridized carbons (Fsp3) is 0.333. The Balaban J connectivity index is 1.79. The molecule has 2 heterocycles. The number of halogens is 1. The van der Waals surface area contributed by atoms with E-state index in [-0.39, 0.29) is 11.3 Å². The SMILES string of the molecule is CN(C)CCCN1C(=O)C(=O)/C(=C(/O)c2ccc3c(c2)OCCO3)C1c1cccc(F)c1. The number of hydrogen-bond donors (Lipinski definition) is 1. The molecule has 0 saturated carbocycles. The summed E-state index contributed by atoms with van der Waals surface area (Å²) in [6, 6.07) is 9.69. The molecule has 2 aromatic carbocycles. The minimum absolute atomic E-state index is 0.0675. The number of ether oxygens (including phenoxy) is 2. The molecule has 0 bridgehead atoms. The minimum Gasteiger partial charge on any atom is -0.507 e. The standard InChI is InChI=1S/C24H25FN2O5/c1-26(2)9-4-10-27-21(15-5-3-6-17(25)13-15)20(23(29)24(27)30)22(28)16-7-8-18-19(14-16)32-12-11-31-18/h3,5-8,13-14,21,28H,4,9-12H2,1-2H3/b22-20+. The van der Waals surface area contributed by atoms with E-state index in [0.29, 0.717) is 55.4 Å². The molecule has 1 fully saturated rings. The van der Waals surface area contributed by atoms with Crippen molar-refractivity contribution in [3.05, 3.63) is 65.0 Å². The van der Waals surface area contributed by atoms with Crippen LogP contribution in [0.25, 0.3) is 5.76 Å². The lowest BCUT2D eigenvalue weighted by molar-refractivity contribution is -0.139. The zero-order chi connectivity index (χ0) is 22.8. The van der Waals surface area contributed by atoms with Crippen LogP contribution in [0.15, 0.2) is 48.0 Å². The first-order chi connectivity index (χ1) is 15.4. The molecular weight excluding hydrogens is 415 g/mol. The summed E-state index contributed by atoms with van der Waals surface area (Å²) in [5.41, 5.74) is 0.678. The van der Waals surface area contributed by atoms with Gasteiger partial charge in [0.15, 0.2) is 11.5 Å². The molecule has 0 spiro atoms. The summed E-state index contributed by atoms with van der Waals surface area (Å²) < 4.78 is 25.1. The molecule has 1 unspecified atom stereocenters. The van der Waals surface area contributed by atoms with Crippen LogP contribution in [-0.4, -0.2) is 67.0 Å². The highest BCUT2D eigenvalue weighted by atomic mass is 19.1. The van der Waals surface area contributed by atoms with Gasteiger partial charge >= 0.3 is 0 Å². The summed E-state index contributed by atoms with van der Waals surface area (Å²) in [5, 5.41) is 11.1. The predicted octanol–water partition coefficient (Wildman–Crippen LogP) is 2.97. The van der Waals surface area contributed by atoms with E-state index in [2.05, 4.69) is 0 Å². The largest absolute Gasteiger partial charge is 0.507 e. The molecular formula is C24H25FN2O5. The number of aliphatic hydroxyl groups excluding tert-OH is 1. The van der Waals surface area contributed by atoms with Crippen molar-refractivity contribution in [1.29, 1.82) is 0 Å². The Kier molecular flexibility index (Phi) is 6.14. The van der Waals surface area contributed by atoms with E-state index in [1.807, 2.05) is 19.0 Å². The van der Waals surface area contributed by atoms with E-state index in [0.717, 1.165) is 0 Å². The third-order valence-electron chi connectivity index (χ3n) is 5.52. The molecule has 2 aromatic rings. The number of ketones is 1. The van der Waals surface area contributed by atoms with Crippen molar-refractivity contribution in [1.82, 2.24) is 9.80 Å². The maximum Gasteiger partial charge on any atom is 0.295 e. The zero-order valence-electron chi connectivity index (χ0n) is 18.0. The van der Waals surface area contributed by atoms with Gasteiger partial charge in [-0.25, -0.2) is 4.39 Å². The lowest BCUT2D eigenvalue weighted by atomic mass is 9.95. The van der Waals surface area contributed by atoms with Gasteiger partial charge in [0.2, 0.25) is 0 Å². The first-order valence-corrected chi connectivity index (χ1v) is 10.5. The number of hydrogen-bond acceptors (Lipinski definition) is 6. The van der Waals surface area contributed by atoms with Crippen molar-refractivity contribution in [2.45, 2.75) is 12.5 Å². The van der Waals surface area contributed by atoms with Crippen molar-refractivity contribution in [3.63, 3.8) is 0 Å². The van der Waals surface area contributed by atoms with Gasteiger partial charge in [0, 0.05) is 12.1 Å². The van der Waals surface area contributed by atoms with E-state index in [1.54, 1.807) is 24.3 Å². The van der Waals surface area contributed by atoms with E-state index in [1.165, 1.54) is 23.1 Å². The Morgan fingerprint density at radius 3 is 2.59 bits per heavy atom. The van der Waals surface area contributed by atoms with E-state index in [9.17, 15) is 19.1 Å². The number of amides is 1. The zero-order valence-corrected chi connectivity index (χ0v) is 18.0. The smallest absolute Gasteiger partial charge is 0.295 e. The monoisotopic (exact) mass is 440 g/mol. The van der Waals surface area contributed by atoms with Gasteiger partial charge in [0.1, 0.15) is 24.8 Å². The molecule has 32 heavy (non-hydrogen) atoms. The number of benzene rings is 2. The lowest BCUT2D eigenvalue weighted by Gasteiger charge is -2.26. The molecule has 7 nitrogen and oxygen atoms in total. The van der Waals surface area contributed by atoms with Crippen molar-refractivity contribution in [2.75, 3.05) is 40.4 Å². The number of carbonyl (C=O) groups excluding carboxylic acids is 2. The molecule has 1 amide bonds. The molecule has 0 aliphatic carbocycles. The second-order valence-corrected chi connectivity index (χ2v) is 8.06. The minimum atomic E-state index is -0.888. The Labute approximate surface area is 185 Å². The predicted molar refractivity (Wildman–Crippen MR) is 116 cm³/mol. The fourth-order valence-corrected chi connectivity index (χ4v) is 4.04. The number of aliphatic hydroxyl groups is 1. The molecule has 1 atom stereocenters. The van der Waals surface area contributed by atoms with Crippen molar-refractivity contribution >= 4 is 17.4 Å². The van der Waals surface area contributed by atoms with Crippen molar-refractivity contribution in [2.24, 2.45) is 0 Å².